The van der Waals surface area contributed by atoms with Gasteiger partial charge in [-0.2, -0.15) is 5.10 Å². The van der Waals surface area contributed by atoms with Gasteiger partial charge in [-0.3, -0.25) is 0 Å². The van der Waals surface area contributed by atoms with Crippen molar-refractivity contribution in [3.05, 3.63) is 46.5 Å². The lowest BCUT2D eigenvalue weighted by Crippen LogP contribution is -2.36. The second-order valence-electron chi connectivity index (χ2n) is 6.81. The molecule has 4 heteroatoms. The average Bonchev–Trinajstić information content (AvgIpc) is 2.77. The van der Waals surface area contributed by atoms with E-state index < -0.39 is 0 Å². The van der Waals surface area contributed by atoms with Gasteiger partial charge in [0.25, 0.3) is 0 Å². The summed E-state index contributed by atoms with van der Waals surface area (Å²) in [6, 6.07) is 4.46. The lowest BCUT2D eigenvalue weighted by molar-refractivity contribution is 0.410. The molecule has 0 saturated carbocycles. The Morgan fingerprint density at radius 1 is 1.10 bits per heavy atom. The molecule has 0 unspecified atom stereocenters. The Morgan fingerprint density at radius 3 is 2.29 bits per heavy atom. The van der Waals surface area contributed by atoms with Gasteiger partial charge in [-0.1, -0.05) is 17.7 Å². The first kappa shape index (κ1) is 15.7. The lowest BCUT2D eigenvalue weighted by Gasteiger charge is -2.20. The second kappa shape index (κ2) is 5.98. The first-order chi connectivity index (χ1) is 9.76. The minimum atomic E-state index is 0.0759. The zero-order valence-corrected chi connectivity index (χ0v) is 14.0. The van der Waals surface area contributed by atoms with Gasteiger partial charge >= 0.3 is 0 Å². The van der Waals surface area contributed by atoms with Crippen molar-refractivity contribution in [3.63, 3.8) is 0 Å². The van der Waals surface area contributed by atoms with Gasteiger partial charge in [0.05, 0.1) is 13.1 Å². The number of aryl methyl sites for hydroxylation is 3. The Labute approximate surface area is 127 Å². The van der Waals surface area contributed by atoms with Crippen LogP contribution in [0.5, 0.6) is 0 Å². The molecule has 2 aromatic rings. The van der Waals surface area contributed by atoms with Crippen molar-refractivity contribution >= 4 is 0 Å². The summed E-state index contributed by atoms with van der Waals surface area (Å²) in [5.41, 5.74) is 5.35. The summed E-state index contributed by atoms with van der Waals surface area (Å²) in [7, 11) is 0. The average molecular weight is 286 g/mol. The number of hydrogen-bond donors (Lipinski definition) is 1. The van der Waals surface area contributed by atoms with Gasteiger partial charge in [0.2, 0.25) is 0 Å². The minimum absolute atomic E-state index is 0.0759. The fourth-order valence-corrected chi connectivity index (χ4v) is 2.51. The minimum Gasteiger partial charge on any atom is -0.305 e. The van der Waals surface area contributed by atoms with Crippen molar-refractivity contribution in [1.82, 2.24) is 20.1 Å². The van der Waals surface area contributed by atoms with Gasteiger partial charge in [0, 0.05) is 5.54 Å². The van der Waals surface area contributed by atoms with E-state index in [0.29, 0.717) is 0 Å². The molecule has 0 radical (unpaired) electrons. The summed E-state index contributed by atoms with van der Waals surface area (Å²) < 4.78 is 1.99. The van der Waals surface area contributed by atoms with Crippen LogP contribution in [0.3, 0.4) is 0 Å². The van der Waals surface area contributed by atoms with Gasteiger partial charge in [-0.05, 0) is 58.2 Å². The van der Waals surface area contributed by atoms with Crippen LogP contribution < -0.4 is 5.32 Å². The smallest absolute Gasteiger partial charge is 0.141 e. The Balaban J connectivity index is 2.20. The highest BCUT2D eigenvalue weighted by Crippen LogP contribution is 2.18. The molecule has 2 rings (SSSR count). The zero-order chi connectivity index (χ0) is 15.6. The molecule has 1 aromatic carbocycles. The van der Waals surface area contributed by atoms with E-state index >= 15 is 0 Å². The molecule has 1 heterocycles. The summed E-state index contributed by atoms with van der Waals surface area (Å²) >= 11 is 0. The molecular weight excluding hydrogens is 260 g/mol. The molecule has 21 heavy (non-hydrogen) atoms. The molecule has 0 bridgehead atoms. The Morgan fingerprint density at radius 2 is 1.71 bits per heavy atom. The molecule has 114 valence electrons. The number of hydrogen-bond acceptors (Lipinski definition) is 3. The van der Waals surface area contributed by atoms with Crippen LogP contribution in [-0.2, 0) is 13.1 Å². The molecule has 0 atom stereocenters. The van der Waals surface area contributed by atoms with Crippen LogP contribution >= 0.6 is 0 Å². The number of rotatable bonds is 4. The van der Waals surface area contributed by atoms with Gasteiger partial charge in [0.1, 0.15) is 12.2 Å². The van der Waals surface area contributed by atoms with Crippen LogP contribution in [0.25, 0.3) is 0 Å². The van der Waals surface area contributed by atoms with Crippen LogP contribution in [0.1, 0.15) is 48.8 Å². The monoisotopic (exact) mass is 286 g/mol. The number of nitrogens with one attached hydrogen (secondary N) is 1. The van der Waals surface area contributed by atoms with Crippen LogP contribution in [0.4, 0.5) is 0 Å². The highest BCUT2D eigenvalue weighted by molar-refractivity contribution is 5.37. The summed E-state index contributed by atoms with van der Waals surface area (Å²) in [5, 5.41) is 7.85. The second-order valence-corrected chi connectivity index (χ2v) is 6.81. The molecule has 0 amide bonds. The van der Waals surface area contributed by atoms with E-state index in [0.717, 1.165) is 18.9 Å². The van der Waals surface area contributed by atoms with Crippen LogP contribution in [0, 0.1) is 20.8 Å². The third-order valence-electron chi connectivity index (χ3n) is 3.62. The summed E-state index contributed by atoms with van der Waals surface area (Å²) in [4.78, 5) is 4.38. The first-order valence-corrected chi connectivity index (χ1v) is 7.45. The molecule has 0 aliphatic rings. The van der Waals surface area contributed by atoms with Crippen molar-refractivity contribution in [3.8, 4) is 0 Å². The van der Waals surface area contributed by atoms with E-state index in [9.17, 15) is 0 Å². The molecule has 1 N–H and O–H groups in total. The SMILES string of the molecule is Cc1cc(C)c(Cn2ncnc2CNC(C)(C)C)c(C)c1. The number of nitrogens with zero attached hydrogens (tertiary/aromatic N) is 3. The van der Waals surface area contributed by atoms with E-state index in [1.807, 2.05) is 4.68 Å². The normalized spacial score (nSPS) is 11.9. The van der Waals surface area contributed by atoms with Crippen molar-refractivity contribution < 1.29 is 0 Å². The van der Waals surface area contributed by atoms with Crippen molar-refractivity contribution in [2.45, 2.75) is 60.2 Å². The highest BCUT2D eigenvalue weighted by Gasteiger charge is 2.13. The quantitative estimate of drug-likeness (QED) is 0.939. The van der Waals surface area contributed by atoms with E-state index in [-0.39, 0.29) is 5.54 Å². The summed E-state index contributed by atoms with van der Waals surface area (Å²) in [5.74, 6) is 0.976. The van der Waals surface area contributed by atoms with Crippen LogP contribution in [0.2, 0.25) is 0 Å². The molecule has 0 aliphatic carbocycles. The summed E-state index contributed by atoms with van der Waals surface area (Å²) in [6.45, 7) is 14.4. The maximum Gasteiger partial charge on any atom is 0.141 e. The predicted octanol–water partition coefficient (Wildman–Crippen LogP) is 3.14. The fourth-order valence-electron chi connectivity index (χ4n) is 2.51. The van der Waals surface area contributed by atoms with Gasteiger partial charge in [-0.15, -0.1) is 0 Å². The first-order valence-electron chi connectivity index (χ1n) is 7.45. The zero-order valence-electron chi connectivity index (χ0n) is 14.0. The van der Waals surface area contributed by atoms with E-state index in [1.165, 1.54) is 22.3 Å². The van der Waals surface area contributed by atoms with Gasteiger partial charge < -0.3 is 5.32 Å². The molecular formula is C17H26N4. The van der Waals surface area contributed by atoms with E-state index in [1.54, 1.807) is 6.33 Å². The Bertz CT molecular complexity index is 597. The molecule has 0 fully saturated rings. The van der Waals surface area contributed by atoms with Gasteiger partial charge in [0.15, 0.2) is 0 Å². The number of aromatic nitrogens is 3. The standard InChI is InChI=1S/C17H26N4/c1-12-7-13(2)15(14(3)8-12)10-21-16(18-11-20-21)9-19-17(4,5)6/h7-8,11,19H,9-10H2,1-6H3. The maximum atomic E-state index is 4.38. The fraction of sp³-hybridized carbons (Fsp3) is 0.529. The maximum absolute atomic E-state index is 4.38. The lowest BCUT2D eigenvalue weighted by atomic mass is 10.00. The van der Waals surface area contributed by atoms with E-state index in [2.05, 4.69) is 69.1 Å². The predicted molar refractivity (Wildman–Crippen MR) is 86.4 cm³/mol. The molecule has 1 aromatic heterocycles. The summed E-state index contributed by atoms with van der Waals surface area (Å²) in [6.07, 6.45) is 1.64. The molecule has 0 saturated heterocycles. The van der Waals surface area contributed by atoms with Crippen LogP contribution in [-0.4, -0.2) is 20.3 Å². The van der Waals surface area contributed by atoms with E-state index in [4.69, 9.17) is 0 Å². The topological polar surface area (TPSA) is 42.7 Å². The third-order valence-corrected chi connectivity index (χ3v) is 3.62. The van der Waals surface area contributed by atoms with Crippen molar-refractivity contribution in [1.29, 1.82) is 0 Å². The third kappa shape index (κ3) is 4.14. The van der Waals surface area contributed by atoms with Gasteiger partial charge in [-0.25, -0.2) is 9.67 Å². The molecule has 4 nitrogen and oxygen atoms in total. The van der Waals surface area contributed by atoms with Crippen LogP contribution in [0.15, 0.2) is 18.5 Å². The van der Waals surface area contributed by atoms with Crippen molar-refractivity contribution in [2.75, 3.05) is 0 Å². The Kier molecular flexibility index (Phi) is 4.47. The highest BCUT2D eigenvalue weighted by atomic mass is 15.3. The molecule has 0 spiro atoms. The van der Waals surface area contributed by atoms with Crippen molar-refractivity contribution in [2.24, 2.45) is 0 Å². The Hall–Kier alpha value is -1.68. The number of benzene rings is 1. The molecule has 0 aliphatic heterocycles. The largest absolute Gasteiger partial charge is 0.305 e.